The van der Waals surface area contributed by atoms with Crippen LogP contribution in [0.5, 0.6) is 0 Å². The quantitative estimate of drug-likeness (QED) is 0.713. The molecule has 0 radical (unpaired) electrons. The smallest absolute Gasteiger partial charge is 0.150 e. The molecule has 142 valence electrons. The van der Waals surface area contributed by atoms with Crippen LogP contribution in [-0.2, 0) is 5.60 Å². The maximum Gasteiger partial charge on any atom is 0.150 e. The Kier molecular flexibility index (Phi) is 5.39. The molecule has 0 bridgehead atoms. The summed E-state index contributed by atoms with van der Waals surface area (Å²) in [7, 11) is 0. The minimum atomic E-state index is -0.741. The van der Waals surface area contributed by atoms with E-state index in [4.69, 9.17) is 0 Å². The molecule has 4 nitrogen and oxygen atoms in total. The molecule has 0 spiro atoms. The van der Waals surface area contributed by atoms with Gasteiger partial charge in [0.1, 0.15) is 0 Å². The largest absolute Gasteiger partial charge is 0.385 e. The summed E-state index contributed by atoms with van der Waals surface area (Å²) in [6.07, 6.45) is 5.67. The van der Waals surface area contributed by atoms with E-state index in [0.29, 0.717) is 17.6 Å². The van der Waals surface area contributed by atoms with Crippen LogP contribution in [-0.4, -0.2) is 36.6 Å². The third-order valence-electron chi connectivity index (χ3n) is 6.17. The van der Waals surface area contributed by atoms with Gasteiger partial charge in [-0.3, -0.25) is 4.79 Å². The van der Waals surface area contributed by atoms with E-state index in [1.807, 2.05) is 48.5 Å². The van der Waals surface area contributed by atoms with Gasteiger partial charge in [-0.15, -0.1) is 0 Å². The minimum Gasteiger partial charge on any atom is -0.385 e. The van der Waals surface area contributed by atoms with Crippen molar-refractivity contribution < 1.29 is 9.90 Å². The molecule has 2 aromatic carbocycles. The van der Waals surface area contributed by atoms with Crippen molar-refractivity contribution in [1.82, 2.24) is 10.6 Å². The van der Waals surface area contributed by atoms with E-state index in [1.54, 1.807) is 0 Å². The van der Waals surface area contributed by atoms with Gasteiger partial charge in [0.25, 0.3) is 0 Å². The molecular formula is C23H28N2O2. The summed E-state index contributed by atoms with van der Waals surface area (Å²) in [5, 5.41) is 18.3. The van der Waals surface area contributed by atoms with Crippen molar-refractivity contribution in [1.29, 1.82) is 0 Å². The molecule has 0 amide bonds. The number of aldehydes is 1. The fourth-order valence-corrected chi connectivity index (χ4v) is 4.50. The van der Waals surface area contributed by atoms with Gasteiger partial charge in [-0.1, -0.05) is 48.5 Å². The van der Waals surface area contributed by atoms with Crippen LogP contribution in [0, 0.1) is 0 Å². The van der Waals surface area contributed by atoms with Crippen LogP contribution in [0.3, 0.4) is 0 Å². The first-order valence-electron chi connectivity index (χ1n) is 10.0. The Morgan fingerprint density at radius 2 is 1.74 bits per heavy atom. The van der Waals surface area contributed by atoms with Crippen molar-refractivity contribution in [2.24, 2.45) is 0 Å². The maximum absolute atomic E-state index is 11.3. The highest BCUT2D eigenvalue weighted by Gasteiger charge is 2.35. The first-order chi connectivity index (χ1) is 13.2. The first kappa shape index (κ1) is 18.4. The number of rotatable bonds is 5. The van der Waals surface area contributed by atoms with Crippen LogP contribution < -0.4 is 10.6 Å². The Hall–Kier alpha value is -2.01. The van der Waals surface area contributed by atoms with Gasteiger partial charge in [0.2, 0.25) is 0 Å². The van der Waals surface area contributed by atoms with Gasteiger partial charge >= 0.3 is 0 Å². The van der Waals surface area contributed by atoms with Crippen LogP contribution in [0.2, 0.25) is 0 Å². The topological polar surface area (TPSA) is 61.4 Å². The molecule has 1 heterocycles. The van der Waals surface area contributed by atoms with Crippen molar-refractivity contribution in [2.45, 2.75) is 49.8 Å². The van der Waals surface area contributed by atoms with Gasteiger partial charge in [0, 0.05) is 24.2 Å². The van der Waals surface area contributed by atoms with Crippen LogP contribution in [0.25, 0.3) is 11.1 Å². The standard InChI is InChI=1S/C23H28N2O2/c26-16-18-3-1-2-4-22(18)17-5-7-19(8-6-17)23(27)12-9-20(10-13-23)25-21-11-14-24-15-21/h1-8,16,20-21,24-25,27H,9-15H2/t20?,21-,23?/m0/s1. The molecule has 0 unspecified atom stereocenters. The second-order valence-electron chi connectivity index (χ2n) is 7.94. The van der Waals surface area contributed by atoms with Crippen LogP contribution in [0.1, 0.15) is 48.0 Å². The fraction of sp³-hybridized carbons (Fsp3) is 0.435. The average molecular weight is 364 g/mol. The molecule has 1 atom stereocenters. The van der Waals surface area contributed by atoms with Crippen LogP contribution in [0.4, 0.5) is 0 Å². The third kappa shape index (κ3) is 3.98. The number of hydrogen-bond donors (Lipinski definition) is 3. The van der Waals surface area contributed by atoms with Gasteiger partial charge in [-0.05, 0) is 55.3 Å². The van der Waals surface area contributed by atoms with E-state index in [9.17, 15) is 9.90 Å². The Bertz CT molecular complexity index is 773. The zero-order chi connectivity index (χ0) is 18.7. The number of carbonyl (C=O) groups is 1. The van der Waals surface area contributed by atoms with E-state index < -0.39 is 5.60 Å². The number of carbonyl (C=O) groups excluding carboxylic acids is 1. The minimum absolute atomic E-state index is 0.508. The lowest BCUT2D eigenvalue weighted by Crippen LogP contribution is -2.44. The molecule has 27 heavy (non-hydrogen) atoms. The van der Waals surface area contributed by atoms with E-state index in [-0.39, 0.29) is 0 Å². The number of hydrogen-bond acceptors (Lipinski definition) is 4. The lowest BCUT2D eigenvalue weighted by atomic mass is 9.77. The van der Waals surface area contributed by atoms with Gasteiger partial charge in [0.15, 0.2) is 6.29 Å². The first-order valence-corrected chi connectivity index (χ1v) is 10.0. The molecule has 4 heteroatoms. The molecule has 2 aliphatic rings. The number of benzene rings is 2. The Balaban J connectivity index is 1.43. The van der Waals surface area contributed by atoms with Gasteiger partial charge < -0.3 is 15.7 Å². The van der Waals surface area contributed by atoms with Crippen molar-refractivity contribution in [2.75, 3.05) is 13.1 Å². The van der Waals surface area contributed by atoms with Crippen LogP contribution in [0.15, 0.2) is 48.5 Å². The van der Waals surface area contributed by atoms with Crippen molar-refractivity contribution in [3.05, 3.63) is 59.7 Å². The summed E-state index contributed by atoms with van der Waals surface area (Å²) in [5.74, 6) is 0. The summed E-state index contributed by atoms with van der Waals surface area (Å²) in [5.41, 5.74) is 2.88. The average Bonchev–Trinajstić information content (AvgIpc) is 3.23. The predicted molar refractivity (Wildman–Crippen MR) is 108 cm³/mol. The number of aliphatic hydroxyl groups is 1. The lowest BCUT2D eigenvalue weighted by molar-refractivity contribution is -0.00916. The van der Waals surface area contributed by atoms with Crippen molar-refractivity contribution in [3.8, 4) is 11.1 Å². The predicted octanol–water partition coefficient (Wildman–Crippen LogP) is 3.25. The summed E-state index contributed by atoms with van der Waals surface area (Å²) >= 11 is 0. The summed E-state index contributed by atoms with van der Waals surface area (Å²) in [6, 6.07) is 16.8. The SMILES string of the molecule is O=Cc1ccccc1-c1ccc(C2(O)CCC(N[C@H]3CCNC3)CC2)cc1. The molecule has 4 rings (SSSR count). The molecule has 3 N–H and O–H groups in total. The molecule has 1 aliphatic carbocycles. The van der Waals surface area contributed by atoms with E-state index in [1.165, 1.54) is 6.42 Å². The highest BCUT2D eigenvalue weighted by Crippen LogP contribution is 2.38. The Labute approximate surface area is 161 Å². The maximum atomic E-state index is 11.3. The van der Waals surface area contributed by atoms with Crippen molar-refractivity contribution >= 4 is 6.29 Å². The van der Waals surface area contributed by atoms with E-state index in [0.717, 1.165) is 61.7 Å². The second kappa shape index (κ2) is 7.93. The van der Waals surface area contributed by atoms with Crippen molar-refractivity contribution in [3.63, 3.8) is 0 Å². The molecule has 2 fully saturated rings. The van der Waals surface area contributed by atoms with Gasteiger partial charge in [-0.25, -0.2) is 0 Å². The lowest BCUT2D eigenvalue weighted by Gasteiger charge is -2.37. The zero-order valence-corrected chi connectivity index (χ0v) is 15.7. The van der Waals surface area contributed by atoms with Gasteiger partial charge in [-0.2, -0.15) is 0 Å². The normalized spacial score (nSPS) is 28.2. The third-order valence-corrected chi connectivity index (χ3v) is 6.17. The molecule has 0 aromatic heterocycles. The molecule has 2 aromatic rings. The summed E-state index contributed by atoms with van der Waals surface area (Å²) in [4.78, 5) is 11.3. The van der Waals surface area contributed by atoms with Crippen LogP contribution >= 0.6 is 0 Å². The fourth-order valence-electron chi connectivity index (χ4n) is 4.50. The zero-order valence-electron chi connectivity index (χ0n) is 15.7. The highest BCUT2D eigenvalue weighted by atomic mass is 16.3. The second-order valence-corrected chi connectivity index (χ2v) is 7.94. The monoisotopic (exact) mass is 364 g/mol. The summed E-state index contributed by atoms with van der Waals surface area (Å²) in [6.45, 7) is 2.17. The molecule has 1 aliphatic heterocycles. The van der Waals surface area contributed by atoms with E-state index >= 15 is 0 Å². The highest BCUT2D eigenvalue weighted by molar-refractivity contribution is 5.87. The molecule has 1 saturated carbocycles. The van der Waals surface area contributed by atoms with E-state index in [2.05, 4.69) is 10.6 Å². The summed E-state index contributed by atoms with van der Waals surface area (Å²) < 4.78 is 0. The Morgan fingerprint density at radius 1 is 1.00 bits per heavy atom. The van der Waals surface area contributed by atoms with Gasteiger partial charge in [0.05, 0.1) is 5.60 Å². The molecular weight excluding hydrogens is 336 g/mol. The Morgan fingerprint density at radius 3 is 2.41 bits per heavy atom. The number of nitrogens with one attached hydrogen (secondary N) is 2. The molecule has 1 saturated heterocycles.